The van der Waals surface area contributed by atoms with Gasteiger partial charge in [0, 0.05) is 17.4 Å². The SMILES string of the molecule is CS(=O)(=O)c1cc(F)c(-c2[nH]c(C(F)F)nc2-c2ccc(F)cc2)cc1F. The smallest absolute Gasteiger partial charge is 0.295 e. The molecular formula is C17H11F5N2O2S. The fraction of sp³-hybridized carbons (Fsp3) is 0.118. The first-order valence-electron chi connectivity index (χ1n) is 7.41. The van der Waals surface area contributed by atoms with E-state index in [9.17, 15) is 30.4 Å². The maximum absolute atomic E-state index is 14.5. The average molecular weight is 402 g/mol. The molecule has 1 heterocycles. The third-order valence-electron chi connectivity index (χ3n) is 3.74. The molecule has 0 aliphatic carbocycles. The summed E-state index contributed by atoms with van der Waals surface area (Å²) in [6, 6.07) is 5.64. The van der Waals surface area contributed by atoms with Gasteiger partial charge in [0.05, 0.1) is 11.4 Å². The number of imidazole rings is 1. The molecule has 1 N–H and O–H groups in total. The summed E-state index contributed by atoms with van der Waals surface area (Å²) in [5.41, 5.74) is -0.746. The van der Waals surface area contributed by atoms with Crippen LogP contribution in [-0.4, -0.2) is 24.6 Å². The van der Waals surface area contributed by atoms with Crippen LogP contribution in [0.15, 0.2) is 41.3 Å². The number of nitrogens with zero attached hydrogens (tertiary/aromatic N) is 1. The topological polar surface area (TPSA) is 62.8 Å². The van der Waals surface area contributed by atoms with Crippen molar-refractivity contribution in [2.24, 2.45) is 0 Å². The van der Waals surface area contributed by atoms with E-state index in [1.54, 1.807) is 0 Å². The zero-order valence-electron chi connectivity index (χ0n) is 13.6. The minimum Gasteiger partial charge on any atom is -0.337 e. The molecule has 27 heavy (non-hydrogen) atoms. The summed E-state index contributed by atoms with van der Waals surface area (Å²) in [6.07, 6.45) is -2.32. The Morgan fingerprint density at radius 2 is 1.63 bits per heavy atom. The van der Waals surface area contributed by atoms with E-state index in [0.29, 0.717) is 18.4 Å². The van der Waals surface area contributed by atoms with Crippen molar-refractivity contribution in [1.82, 2.24) is 9.97 Å². The third-order valence-corrected chi connectivity index (χ3v) is 4.85. The molecule has 0 radical (unpaired) electrons. The highest BCUT2D eigenvalue weighted by atomic mass is 32.2. The summed E-state index contributed by atoms with van der Waals surface area (Å²) in [5.74, 6) is -3.77. The summed E-state index contributed by atoms with van der Waals surface area (Å²) >= 11 is 0. The van der Waals surface area contributed by atoms with E-state index >= 15 is 0 Å². The highest BCUT2D eigenvalue weighted by molar-refractivity contribution is 7.90. The zero-order valence-corrected chi connectivity index (χ0v) is 14.4. The molecule has 0 bridgehead atoms. The number of alkyl halides is 2. The van der Waals surface area contributed by atoms with Gasteiger partial charge in [0.1, 0.15) is 22.3 Å². The Bertz CT molecular complexity index is 1110. The average Bonchev–Trinajstić information content (AvgIpc) is 3.01. The Hall–Kier alpha value is -2.75. The Morgan fingerprint density at radius 1 is 1.00 bits per heavy atom. The van der Waals surface area contributed by atoms with Crippen molar-refractivity contribution in [1.29, 1.82) is 0 Å². The van der Waals surface area contributed by atoms with Crippen LogP contribution < -0.4 is 0 Å². The number of rotatable bonds is 4. The van der Waals surface area contributed by atoms with Gasteiger partial charge in [-0.15, -0.1) is 0 Å². The molecule has 4 nitrogen and oxygen atoms in total. The van der Waals surface area contributed by atoms with Crippen molar-refractivity contribution < 1.29 is 30.4 Å². The van der Waals surface area contributed by atoms with Crippen LogP contribution in [-0.2, 0) is 9.84 Å². The molecule has 1 aromatic heterocycles. The zero-order chi connectivity index (χ0) is 19.9. The van der Waals surface area contributed by atoms with E-state index in [1.807, 2.05) is 0 Å². The molecule has 0 atom stereocenters. The van der Waals surface area contributed by atoms with Gasteiger partial charge in [-0.25, -0.2) is 35.4 Å². The third kappa shape index (κ3) is 3.70. The number of nitrogens with one attached hydrogen (secondary N) is 1. The first-order valence-corrected chi connectivity index (χ1v) is 9.30. The molecule has 0 fully saturated rings. The number of H-pyrrole nitrogens is 1. The summed E-state index contributed by atoms with van der Waals surface area (Å²) < 4.78 is 90.9. The van der Waals surface area contributed by atoms with Gasteiger partial charge in [-0.2, -0.15) is 0 Å². The van der Waals surface area contributed by atoms with Crippen molar-refractivity contribution in [2.45, 2.75) is 11.3 Å². The largest absolute Gasteiger partial charge is 0.337 e. The van der Waals surface area contributed by atoms with Crippen molar-refractivity contribution in [3.05, 3.63) is 59.7 Å². The van der Waals surface area contributed by atoms with Gasteiger partial charge >= 0.3 is 0 Å². The molecule has 0 aliphatic heterocycles. The summed E-state index contributed by atoms with van der Waals surface area (Å²) in [4.78, 5) is 5.06. The van der Waals surface area contributed by atoms with Crippen LogP contribution >= 0.6 is 0 Å². The van der Waals surface area contributed by atoms with Crippen molar-refractivity contribution >= 4 is 9.84 Å². The van der Waals surface area contributed by atoms with Crippen LogP contribution in [0.4, 0.5) is 22.0 Å². The highest BCUT2D eigenvalue weighted by Crippen LogP contribution is 2.35. The first-order chi connectivity index (χ1) is 12.6. The Kier molecular flexibility index (Phi) is 4.77. The molecule has 2 aromatic carbocycles. The molecule has 3 rings (SSSR count). The lowest BCUT2D eigenvalue weighted by atomic mass is 10.0. The van der Waals surface area contributed by atoms with Crippen LogP contribution in [0.1, 0.15) is 12.2 Å². The summed E-state index contributed by atoms with van der Waals surface area (Å²) in [6.45, 7) is 0. The molecular weight excluding hydrogens is 391 g/mol. The molecule has 0 saturated heterocycles. The van der Waals surface area contributed by atoms with E-state index in [4.69, 9.17) is 0 Å². The number of aromatic amines is 1. The lowest BCUT2D eigenvalue weighted by Gasteiger charge is -2.08. The normalized spacial score (nSPS) is 12.0. The molecule has 0 saturated carbocycles. The number of hydrogen-bond acceptors (Lipinski definition) is 3. The second-order valence-electron chi connectivity index (χ2n) is 5.69. The van der Waals surface area contributed by atoms with Gasteiger partial charge in [0.25, 0.3) is 6.43 Å². The van der Waals surface area contributed by atoms with Crippen molar-refractivity contribution in [3.63, 3.8) is 0 Å². The predicted octanol–water partition coefficient (Wildman–Crippen LogP) is 4.50. The van der Waals surface area contributed by atoms with Crippen molar-refractivity contribution in [2.75, 3.05) is 6.26 Å². The molecule has 142 valence electrons. The molecule has 0 amide bonds. The van der Waals surface area contributed by atoms with E-state index in [0.717, 1.165) is 12.1 Å². The number of aromatic nitrogens is 2. The van der Waals surface area contributed by atoms with E-state index in [1.165, 1.54) is 12.1 Å². The van der Waals surface area contributed by atoms with Gasteiger partial charge in [-0.1, -0.05) is 0 Å². The van der Waals surface area contributed by atoms with E-state index in [-0.39, 0.29) is 17.0 Å². The van der Waals surface area contributed by atoms with Crippen LogP contribution in [0.2, 0.25) is 0 Å². The number of hydrogen-bond donors (Lipinski definition) is 1. The Balaban J connectivity index is 2.25. The standard InChI is InChI=1S/C17H11F5N2O2S/c1-27(25,26)13-7-11(19)10(6-12(13)20)15-14(23-17(24-15)16(21)22)8-2-4-9(18)5-3-8/h2-7,16H,1H3,(H,23,24). The van der Waals surface area contributed by atoms with Crippen LogP contribution in [0, 0.1) is 17.5 Å². The quantitative estimate of drug-likeness (QED) is 0.654. The molecule has 0 aliphatic rings. The fourth-order valence-electron chi connectivity index (χ4n) is 2.51. The minimum absolute atomic E-state index is 0.157. The van der Waals surface area contributed by atoms with Gasteiger partial charge in [-0.3, -0.25) is 0 Å². The Morgan fingerprint density at radius 3 is 2.19 bits per heavy atom. The first kappa shape index (κ1) is 19.0. The van der Waals surface area contributed by atoms with Gasteiger partial charge in [0.15, 0.2) is 15.7 Å². The van der Waals surface area contributed by atoms with Crippen LogP contribution in [0.3, 0.4) is 0 Å². The van der Waals surface area contributed by atoms with Crippen LogP contribution in [0.25, 0.3) is 22.5 Å². The van der Waals surface area contributed by atoms with Crippen LogP contribution in [0.5, 0.6) is 0 Å². The summed E-state index contributed by atoms with van der Waals surface area (Å²) in [7, 11) is -4.03. The highest BCUT2D eigenvalue weighted by Gasteiger charge is 2.24. The maximum atomic E-state index is 14.5. The monoisotopic (exact) mass is 402 g/mol. The van der Waals surface area contributed by atoms with Gasteiger partial charge in [0.2, 0.25) is 0 Å². The molecule has 0 unspecified atom stereocenters. The summed E-state index contributed by atoms with van der Waals surface area (Å²) in [5, 5.41) is 0. The number of sulfone groups is 1. The van der Waals surface area contributed by atoms with Crippen molar-refractivity contribution in [3.8, 4) is 22.5 Å². The Labute approximate surface area is 150 Å². The molecule has 0 spiro atoms. The number of benzene rings is 2. The number of halogens is 5. The van der Waals surface area contributed by atoms with E-state index < -0.39 is 50.0 Å². The van der Waals surface area contributed by atoms with Gasteiger partial charge < -0.3 is 4.98 Å². The maximum Gasteiger partial charge on any atom is 0.295 e. The second-order valence-corrected chi connectivity index (χ2v) is 7.67. The van der Waals surface area contributed by atoms with E-state index in [2.05, 4.69) is 9.97 Å². The lowest BCUT2D eigenvalue weighted by molar-refractivity contribution is 0.141. The predicted molar refractivity (Wildman–Crippen MR) is 87.4 cm³/mol. The second kappa shape index (κ2) is 6.76. The van der Waals surface area contributed by atoms with Gasteiger partial charge in [-0.05, 0) is 36.4 Å². The molecule has 10 heteroatoms. The minimum atomic E-state index is -4.03. The molecule has 3 aromatic rings. The fourth-order valence-corrected chi connectivity index (χ4v) is 3.24. The lowest BCUT2D eigenvalue weighted by Crippen LogP contribution is -2.03.